The number of hydrogen-bond acceptors (Lipinski definition) is 7. The van der Waals surface area contributed by atoms with Gasteiger partial charge in [-0.15, -0.1) is 0 Å². The molecule has 33 heavy (non-hydrogen) atoms. The molecule has 1 aliphatic rings. The van der Waals surface area contributed by atoms with Crippen molar-refractivity contribution in [3.8, 4) is 0 Å². The number of nitrogens with zero attached hydrogens (tertiary/aromatic N) is 2. The van der Waals surface area contributed by atoms with Crippen LogP contribution in [0, 0.1) is 5.92 Å². The van der Waals surface area contributed by atoms with E-state index in [1.165, 1.54) is 18.1 Å². The predicted molar refractivity (Wildman–Crippen MR) is 122 cm³/mol. The summed E-state index contributed by atoms with van der Waals surface area (Å²) in [6.07, 6.45) is 1.70. The third-order valence-electron chi connectivity index (χ3n) is 5.19. The number of hydrogen-bond donors (Lipinski definition) is 1. The molecule has 1 N–H and O–H groups in total. The second-order valence-electron chi connectivity index (χ2n) is 11.1. The van der Waals surface area contributed by atoms with Crippen LogP contribution in [0.1, 0.15) is 86.8 Å². The fourth-order valence-electron chi connectivity index (χ4n) is 4.27. The molecule has 2 rings (SSSR count). The van der Waals surface area contributed by atoms with Gasteiger partial charge in [-0.3, -0.25) is 9.69 Å². The summed E-state index contributed by atoms with van der Waals surface area (Å²) in [6, 6.07) is -0.171. The van der Waals surface area contributed by atoms with Crippen LogP contribution in [0.3, 0.4) is 0 Å². The average Bonchev–Trinajstić information content (AvgIpc) is 3.24. The Labute approximate surface area is 196 Å². The van der Waals surface area contributed by atoms with E-state index >= 15 is 0 Å². The van der Waals surface area contributed by atoms with Crippen molar-refractivity contribution in [1.82, 2.24) is 15.4 Å². The molecule has 2 amide bonds. The number of aromatic nitrogens is 1. The Morgan fingerprint density at radius 3 is 2.21 bits per heavy atom. The third-order valence-corrected chi connectivity index (χ3v) is 5.19. The van der Waals surface area contributed by atoms with Crippen LogP contribution in [0.4, 0.5) is 4.79 Å². The van der Waals surface area contributed by atoms with E-state index in [2.05, 4.69) is 10.5 Å². The lowest BCUT2D eigenvalue weighted by Crippen LogP contribution is -2.56. The number of rotatable bonds is 6. The molecule has 0 spiro atoms. The van der Waals surface area contributed by atoms with Gasteiger partial charge in [0.15, 0.2) is 0 Å². The van der Waals surface area contributed by atoms with Crippen LogP contribution in [-0.2, 0) is 19.1 Å². The van der Waals surface area contributed by atoms with Crippen molar-refractivity contribution in [3.63, 3.8) is 0 Å². The van der Waals surface area contributed by atoms with Gasteiger partial charge in [0.2, 0.25) is 5.91 Å². The average molecular weight is 466 g/mol. The van der Waals surface area contributed by atoms with Gasteiger partial charge in [-0.05, 0) is 60.3 Å². The fourth-order valence-corrected chi connectivity index (χ4v) is 4.27. The molecule has 0 bridgehead atoms. The van der Waals surface area contributed by atoms with E-state index in [0.717, 1.165) is 0 Å². The molecule has 0 saturated carbocycles. The SMILES string of the molecule is CC(=O)N[C@@H](CC(C)C)[C@H]1[C@H](c2ccon2)CC(C(=O)OC(C)(C)C)N1C(=O)OC(C)(C)C. The van der Waals surface area contributed by atoms with Crippen molar-refractivity contribution in [2.75, 3.05) is 0 Å². The van der Waals surface area contributed by atoms with Gasteiger partial charge >= 0.3 is 12.1 Å². The highest BCUT2D eigenvalue weighted by molar-refractivity contribution is 5.83. The van der Waals surface area contributed by atoms with Crippen molar-refractivity contribution in [2.24, 2.45) is 5.92 Å². The van der Waals surface area contributed by atoms with Gasteiger partial charge in [0, 0.05) is 18.9 Å². The number of likely N-dealkylation sites (tertiary alicyclic amines) is 1. The number of carbonyl (C=O) groups is 3. The smallest absolute Gasteiger partial charge is 0.411 e. The standard InChI is InChI=1S/C24H39N3O6/c1-14(2)12-18(25-15(3)28)20-16(17-10-11-31-26-17)13-19(21(29)32-23(4,5)6)27(20)22(30)33-24(7,8)9/h10-11,14,16,18-20H,12-13H2,1-9H3,(H,25,28)/t16-,18-,19?,20+/m0/s1. The molecular formula is C24H39N3O6. The Hall–Kier alpha value is -2.58. The Bertz CT molecular complexity index is 822. The van der Waals surface area contributed by atoms with Crippen molar-refractivity contribution in [1.29, 1.82) is 0 Å². The Morgan fingerprint density at radius 2 is 1.76 bits per heavy atom. The summed E-state index contributed by atoms with van der Waals surface area (Å²) in [4.78, 5) is 40.3. The Kier molecular flexibility index (Phi) is 8.19. The third kappa shape index (κ3) is 7.47. The van der Waals surface area contributed by atoms with Crippen LogP contribution in [0.5, 0.6) is 0 Å². The highest BCUT2D eigenvalue weighted by Gasteiger charge is 2.53. The van der Waals surface area contributed by atoms with E-state index in [-0.39, 0.29) is 24.2 Å². The molecule has 4 atom stereocenters. The summed E-state index contributed by atoms with van der Waals surface area (Å²) in [7, 11) is 0. The molecule has 1 saturated heterocycles. The summed E-state index contributed by atoms with van der Waals surface area (Å²) in [5, 5.41) is 7.11. The van der Waals surface area contributed by atoms with Crippen LogP contribution >= 0.6 is 0 Å². The molecule has 9 nitrogen and oxygen atoms in total. The van der Waals surface area contributed by atoms with Crippen LogP contribution in [0.15, 0.2) is 16.9 Å². The predicted octanol–water partition coefficient (Wildman–Crippen LogP) is 4.03. The zero-order valence-corrected chi connectivity index (χ0v) is 21.3. The minimum absolute atomic E-state index is 0.218. The minimum Gasteiger partial charge on any atom is -0.458 e. The molecule has 0 aliphatic carbocycles. The molecule has 9 heteroatoms. The van der Waals surface area contributed by atoms with Gasteiger partial charge in [-0.2, -0.15) is 0 Å². The maximum atomic E-state index is 13.5. The van der Waals surface area contributed by atoms with E-state index in [0.29, 0.717) is 12.1 Å². The van der Waals surface area contributed by atoms with Gasteiger partial charge in [-0.25, -0.2) is 9.59 Å². The zero-order chi connectivity index (χ0) is 25.1. The first-order chi connectivity index (χ1) is 15.1. The van der Waals surface area contributed by atoms with Crippen LogP contribution in [-0.4, -0.2) is 57.4 Å². The van der Waals surface area contributed by atoms with Crippen molar-refractivity contribution in [3.05, 3.63) is 18.0 Å². The summed E-state index contributed by atoms with van der Waals surface area (Å²) in [5.74, 6) is -0.870. The molecule has 2 heterocycles. The van der Waals surface area contributed by atoms with E-state index in [9.17, 15) is 14.4 Å². The summed E-state index contributed by atoms with van der Waals surface area (Å²) in [5.41, 5.74) is -0.889. The summed E-state index contributed by atoms with van der Waals surface area (Å²) >= 11 is 0. The van der Waals surface area contributed by atoms with Crippen molar-refractivity contribution < 1.29 is 28.4 Å². The van der Waals surface area contributed by atoms with E-state index < -0.39 is 41.4 Å². The lowest BCUT2D eigenvalue weighted by Gasteiger charge is -2.38. The molecule has 0 radical (unpaired) electrons. The number of amides is 2. The van der Waals surface area contributed by atoms with E-state index in [4.69, 9.17) is 14.0 Å². The monoisotopic (exact) mass is 465 g/mol. The van der Waals surface area contributed by atoms with Gasteiger partial charge in [0.1, 0.15) is 23.5 Å². The summed E-state index contributed by atoms with van der Waals surface area (Å²) in [6.45, 7) is 16.2. The highest BCUT2D eigenvalue weighted by atomic mass is 16.6. The highest BCUT2D eigenvalue weighted by Crippen LogP contribution is 2.41. The second-order valence-corrected chi connectivity index (χ2v) is 11.1. The molecule has 186 valence electrons. The van der Waals surface area contributed by atoms with E-state index in [1.54, 1.807) is 47.6 Å². The quantitative estimate of drug-likeness (QED) is 0.631. The normalized spacial score (nSPS) is 22.2. The molecule has 1 aromatic rings. The van der Waals surface area contributed by atoms with Gasteiger partial charge < -0.3 is 19.3 Å². The fraction of sp³-hybridized carbons (Fsp3) is 0.750. The molecule has 1 aliphatic heterocycles. The number of nitrogens with one attached hydrogen (secondary N) is 1. The lowest BCUT2D eigenvalue weighted by molar-refractivity contribution is -0.160. The zero-order valence-electron chi connectivity index (χ0n) is 21.3. The Balaban J connectivity index is 2.60. The first kappa shape index (κ1) is 26.7. The van der Waals surface area contributed by atoms with Gasteiger partial charge in [0.25, 0.3) is 0 Å². The molecule has 1 unspecified atom stereocenters. The number of ether oxygens (including phenoxy) is 2. The maximum Gasteiger partial charge on any atom is 0.411 e. The number of esters is 1. The van der Waals surface area contributed by atoms with E-state index in [1.807, 2.05) is 13.8 Å². The van der Waals surface area contributed by atoms with Crippen LogP contribution < -0.4 is 5.32 Å². The minimum atomic E-state index is -0.894. The largest absolute Gasteiger partial charge is 0.458 e. The lowest BCUT2D eigenvalue weighted by atomic mass is 9.86. The van der Waals surface area contributed by atoms with Crippen molar-refractivity contribution in [2.45, 2.75) is 110 Å². The summed E-state index contributed by atoms with van der Waals surface area (Å²) < 4.78 is 16.5. The molecule has 1 aromatic heterocycles. The van der Waals surface area contributed by atoms with Gasteiger partial charge in [-0.1, -0.05) is 19.0 Å². The maximum absolute atomic E-state index is 13.5. The number of carbonyl (C=O) groups excluding carboxylic acids is 3. The topological polar surface area (TPSA) is 111 Å². The Morgan fingerprint density at radius 1 is 1.15 bits per heavy atom. The van der Waals surface area contributed by atoms with Crippen molar-refractivity contribution >= 4 is 18.0 Å². The molecule has 0 aromatic carbocycles. The van der Waals surface area contributed by atoms with Gasteiger partial charge in [0.05, 0.1) is 17.8 Å². The van der Waals surface area contributed by atoms with Crippen LogP contribution in [0.25, 0.3) is 0 Å². The first-order valence-corrected chi connectivity index (χ1v) is 11.5. The second kappa shape index (κ2) is 10.1. The first-order valence-electron chi connectivity index (χ1n) is 11.5. The van der Waals surface area contributed by atoms with Crippen LogP contribution in [0.2, 0.25) is 0 Å². The molecule has 1 fully saturated rings. The molecular weight excluding hydrogens is 426 g/mol.